The van der Waals surface area contributed by atoms with Crippen LogP contribution in [0.25, 0.3) is 0 Å². The summed E-state index contributed by atoms with van der Waals surface area (Å²) < 4.78 is 5.34. The van der Waals surface area contributed by atoms with Crippen LogP contribution in [-0.2, 0) is 9.59 Å². The fourth-order valence-electron chi connectivity index (χ4n) is 2.00. The zero-order chi connectivity index (χ0) is 20.7. The van der Waals surface area contributed by atoms with Gasteiger partial charge in [-0.25, -0.2) is 9.78 Å². The van der Waals surface area contributed by atoms with Gasteiger partial charge in [-0.1, -0.05) is 26.0 Å². The number of nitrogens with two attached hydrogens (primary N) is 3. The van der Waals surface area contributed by atoms with Gasteiger partial charge in [-0.2, -0.15) is 0 Å². The van der Waals surface area contributed by atoms with E-state index in [2.05, 4.69) is 20.5 Å². The number of pyridine rings is 1. The van der Waals surface area contributed by atoms with Gasteiger partial charge in [0.1, 0.15) is 23.2 Å². The maximum absolute atomic E-state index is 12.1. The molecule has 0 aliphatic rings. The van der Waals surface area contributed by atoms with E-state index in [9.17, 15) is 9.59 Å². The second-order valence-electron chi connectivity index (χ2n) is 6.21. The number of hydrogen-bond acceptors (Lipinski definition) is 9. The molecule has 7 N–H and O–H groups in total. The number of hydrogen-bond donors (Lipinski definition) is 4. The van der Waals surface area contributed by atoms with Crippen LogP contribution in [-0.4, -0.2) is 29.4 Å². The highest BCUT2D eigenvalue weighted by Crippen LogP contribution is 2.30. The number of amides is 1. The molecule has 1 atom stereocenters. The van der Waals surface area contributed by atoms with Crippen LogP contribution in [0.3, 0.4) is 0 Å². The molecular weight excluding hydrogens is 362 g/mol. The first kappa shape index (κ1) is 20.9. The summed E-state index contributed by atoms with van der Waals surface area (Å²) in [6, 6.07) is 8.96. The number of nitrogen functional groups attached to an aromatic ring is 1. The van der Waals surface area contributed by atoms with Crippen molar-refractivity contribution in [3.63, 3.8) is 0 Å². The molecular formula is C18H23N7O3. The van der Waals surface area contributed by atoms with Crippen LogP contribution in [0.1, 0.15) is 13.8 Å². The van der Waals surface area contributed by atoms with Crippen molar-refractivity contribution in [1.82, 2.24) is 4.98 Å². The van der Waals surface area contributed by atoms with Crippen molar-refractivity contribution in [1.29, 1.82) is 0 Å². The summed E-state index contributed by atoms with van der Waals surface area (Å²) in [5, 5.41) is 10.6. The molecule has 1 aromatic heterocycles. The van der Waals surface area contributed by atoms with Crippen molar-refractivity contribution in [3.05, 3.63) is 36.4 Å². The van der Waals surface area contributed by atoms with Crippen LogP contribution < -0.4 is 27.3 Å². The number of carbonyl (C=O) groups excluding carboxylic acids is 2. The largest absolute Gasteiger partial charge is 0.423 e. The molecule has 0 aliphatic heterocycles. The zero-order valence-electron chi connectivity index (χ0n) is 15.6. The SMILES string of the molecule is CC(C)[C@H](N)C(=O)Oc1ccccc1N=Nc1ccc(NC(=O)CN)nc1N. The molecule has 28 heavy (non-hydrogen) atoms. The second kappa shape index (κ2) is 9.53. The van der Waals surface area contributed by atoms with Gasteiger partial charge in [0.25, 0.3) is 0 Å². The van der Waals surface area contributed by atoms with Crippen LogP contribution in [0.5, 0.6) is 5.75 Å². The first-order valence-corrected chi connectivity index (χ1v) is 8.56. The Labute approximate surface area is 162 Å². The molecule has 0 radical (unpaired) electrons. The normalized spacial score (nSPS) is 12.2. The number of anilines is 2. The summed E-state index contributed by atoms with van der Waals surface area (Å²) in [6.07, 6.45) is 0. The number of nitrogens with zero attached hydrogens (tertiary/aromatic N) is 3. The second-order valence-corrected chi connectivity index (χ2v) is 6.21. The maximum Gasteiger partial charge on any atom is 0.328 e. The predicted molar refractivity (Wildman–Crippen MR) is 105 cm³/mol. The molecule has 1 aromatic carbocycles. The van der Waals surface area contributed by atoms with E-state index in [1.165, 1.54) is 6.07 Å². The van der Waals surface area contributed by atoms with Crippen LogP contribution >= 0.6 is 0 Å². The summed E-state index contributed by atoms with van der Waals surface area (Å²) in [5.74, 6) is -0.467. The highest BCUT2D eigenvalue weighted by molar-refractivity contribution is 5.91. The number of carbonyl (C=O) groups is 2. The number of ether oxygens (including phenoxy) is 1. The van der Waals surface area contributed by atoms with Gasteiger partial charge in [-0.3, -0.25) is 4.79 Å². The molecule has 0 spiro atoms. The fourth-order valence-corrected chi connectivity index (χ4v) is 2.00. The minimum Gasteiger partial charge on any atom is -0.423 e. The van der Waals surface area contributed by atoms with Gasteiger partial charge < -0.3 is 27.3 Å². The number of azo groups is 1. The molecule has 0 fully saturated rings. The number of aromatic nitrogens is 1. The van der Waals surface area contributed by atoms with Crippen molar-refractivity contribution < 1.29 is 14.3 Å². The molecule has 1 amide bonds. The third-order valence-corrected chi connectivity index (χ3v) is 3.69. The van der Waals surface area contributed by atoms with E-state index in [0.29, 0.717) is 5.69 Å². The molecule has 148 valence electrons. The maximum atomic E-state index is 12.1. The lowest BCUT2D eigenvalue weighted by atomic mass is 10.1. The smallest absolute Gasteiger partial charge is 0.328 e. The Balaban J connectivity index is 2.18. The summed E-state index contributed by atoms with van der Waals surface area (Å²) >= 11 is 0. The van der Waals surface area contributed by atoms with Crippen molar-refractivity contribution in [2.24, 2.45) is 27.6 Å². The minimum atomic E-state index is -0.749. The van der Waals surface area contributed by atoms with E-state index in [-0.39, 0.29) is 35.5 Å². The molecule has 2 aromatic rings. The van der Waals surface area contributed by atoms with Crippen molar-refractivity contribution in [2.75, 3.05) is 17.6 Å². The van der Waals surface area contributed by atoms with E-state index >= 15 is 0 Å². The molecule has 0 aliphatic carbocycles. The molecule has 0 unspecified atom stereocenters. The molecule has 10 nitrogen and oxygen atoms in total. The monoisotopic (exact) mass is 385 g/mol. The number of para-hydroxylation sites is 1. The number of nitrogens with one attached hydrogen (secondary N) is 1. The third-order valence-electron chi connectivity index (χ3n) is 3.69. The summed E-state index contributed by atoms with van der Waals surface area (Å²) in [5.41, 5.74) is 17.5. The molecule has 2 rings (SSSR count). The van der Waals surface area contributed by atoms with Gasteiger partial charge >= 0.3 is 5.97 Å². The van der Waals surface area contributed by atoms with Crippen molar-refractivity contribution >= 4 is 34.9 Å². The van der Waals surface area contributed by atoms with E-state index in [0.717, 1.165) is 0 Å². The Bertz CT molecular complexity index is 883. The highest BCUT2D eigenvalue weighted by atomic mass is 16.5. The average molecular weight is 385 g/mol. The van der Waals surface area contributed by atoms with Gasteiger partial charge in [0, 0.05) is 0 Å². The summed E-state index contributed by atoms with van der Waals surface area (Å²) in [6.45, 7) is 3.49. The molecule has 0 bridgehead atoms. The molecule has 0 saturated heterocycles. The van der Waals surface area contributed by atoms with Crippen LogP contribution in [0, 0.1) is 5.92 Å². The van der Waals surface area contributed by atoms with Crippen molar-refractivity contribution in [3.8, 4) is 5.75 Å². The van der Waals surface area contributed by atoms with E-state index < -0.39 is 17.9 Å². The minimum absolute atomic E-state index is 0.0644. The van der Waals surface area contributed by atoms with Gasteiger partial charge in [-0.05, 0) is 30.2 Å². The summed E-state index contributed by atoms with van der Waals surface area (Å²) in [4.78, 5) is 27.4. The van der Waals surface area contributed by atoms with Crippen molar-refractivity contribution in [2.45, 2.75) is 19.9 Å². The Hall–Kier alpha value is -3.37. The average Bonchev–Trinajstić information content (AvgIpc) is 2.67. The van der Waals surface area contributed by atoms with Crippen LogP contribution in [0.15, 0.2) is 46.6 Å². The highest BCUT2D eigenvalue weighted by Gasteiger charge is 2.20. The fraction of sp³-hybridized carbons (Fsp3) is 0.278. The van der Waals surface area contributed by atoms with Gasteiger partial charge in [-0.15, -0.1) is 10.2 Å². The van der Waals surface area contributed by atoms with Gasteiger partial charge in [0.05, 0.1) is 6.54 Å². The molecule has 10 heteroatoms. The molecule has 1 heterocycles. The van der Waals surface area contributed by atoms with Gasteiger partial charge in [0.15, 0.2) is 11.6 Å². The van der Waals surface area contributed by atoms with Crippen LogP contribution in [0.4, 0.5) is 23.0 Å². The lowest BCUT2D eigenvalue weighted by Gasteiger charge is -2.14. The number of benzene rings is 1. The van der Waals surface area contributed by atoms with Gasteiger partial charge in [0.2, 0.25) is 5.91 Å². The lowest BCUT2D eigenvalue weighted by Crippen LogP contribution is -2.38. The topological polar surface area (TPSA) is 171 Å². The Morgan fingerprint density at radius 1 is 1.14 bits per heavy atom. The first-order valence-electron chi connectivity index (χ1n) is 8.56. The first-order chi connectivity index (χ1) is 13.3. The van der Waals surface area contributed by atoms with E-state index in [1.807, 2.05) is 13.8 Å². The number of esters is 1. The summed E-state index contributed by atoms with van der Waals surface area (Å²) in [7, 11) is 0. The van der Waals surface area contributed by atoms with Crippen LogP contribution in [0.2, 0.25) is 0 Å². The lowest BCUT2D eigenvalue weighted by molar-refractivity contribution is -0.136. The molecule has 0 saturated carbocycles. The predicted octanol–water partition coefficient (Wildman–Crippen LogP) is 1.87. The Morgan fingerprint density at radius 3 is 2.46 bits per heavy atom. The Morgan fingerprint density at radius 2 is 1.82 bits per heavy atom. The third kappa shape index (κ3) is 5.56. The number of rotatable bonds is 7. The van der Waals surface area contributed by atoms with E-state index in [4.69, 9.17) is 21.9 Å². The quantitative estimate of drug-likeness (QED) is 0.320. The zero-order valence-corrected chi connectivity index (χ0v) is 15.6. The van der Waals surface area contributed by atoms with E-state index in [1.54, 1.807) is 30.3 Å². The Kier molecular flexibility index (Phi) is 7.13. The standard InChI is InChI=1S/C18H23N7O3/c1-10(2)16(20)18(27)28-13-6-4-3-5-11(13)24-25-12-7-8-14(23-17(12)21)22-15(26)9-19/h3-8,10,16H,9,19-20H2,1-2H3,(H3,21,22,23,26)/t16-/m0/s1.